The monoisotopic (exact) mass is 260 g/mol. The molecule has 1 aromatic rings. The molecule has 4 N–H and O–H groups in total. The molecule has 2 atom stereocenters. The number of phenolic OH excluding ortho intramolecular Hbond substituents is 1. The molecule has 0 amide bonds. The molecule has 1 rings (SSSR count). The van der Waals surface area contributed by atoms with E-state index >= 15 is 0 Å². The van der Waals surface area contributed by atoms with Crippen LogP contribution < -0.4 is 0 Å². The van der Waals surface area contributed by atoms with Crippen LogP contribution in [0.5, 0.6) is 5.75 Å². The number of benzene rings is 1. The van der Waals surface area contributed by atoms with Crippen molar-refractivity contribution in [1.29, 1.82) is 0 Å². The van der Waals surface area contributed by atoms with Gasteiger partial charge in [-0.05, 0) is 18.6 Å². The van der Waals surface area contributed by atoms with E-state index in [0.29, 0.717) is 6.29 Å². The van der Waals surface area contributed by atoms with Crippen LogP contribution >= 0.6 is 11.6 Å². The average molecular weight is 261 g/mol. The minimum Gasteiger partial charge on any atom is -0.507 e. The molecular formula is C11H13ClO5. The molecule has 2 unspecified atom stereocenters. The van der Waals surface area contributed by atoms with E-state index in [1.165, 1.54) is 12.1 Å². The van der Waals surface area contributed by atoms with Crippen LogP contribution in [-0.4, -0.2) is 39.4 Å². The van der Waals surface area contributed by atoms with Gasteiger partial charge in [-0.2, -0.15) is 0 Å². The van der Waals surface area contributed by atoms with E-state index in [0.717, 1.165) is 0 Å². The van der Waals surface area contributed by atoms with Crippen molar-refractivity contribution >= 4 is 17.9 Å². The summed E-state index contributed by atoms with van der Waals surface area (Å²) in [4.78, 5) is 10.6. The van der Waals surface area contributed by atoms with Gasteiger partial charge in [0, 0.05) is 17.2 Å². The smallest absolute Gasteiger partial charge is 0.153 e. The van der Waals surface area contributed by atoms with Crippen LogP contribution in [0.15, 0.2) is 12.1 Å². The maximum absolute atomic E-state index is 10.6. The average Bonchev–Trinajstić information content (AvgIpc) is 2.31. The molecule has 0 saturated heterocycles. The van der Waals surface area contributed by atoms with Gasteiger partial charge in [0.15, 0.2) is 6.29 Å². The van der Waals surface area contributed by atoms with Crippen molar-refractivity contribution in [2.75, 3.05) is 6.61 Å². The number of aliphatic hydroxyl groups is 3. The zero-order valence-electron chi connectivity index (χ0n) is 8.88. The number of aliphatic hydroxyl groups excluding tert-OH is 3. The third-order valence-electron chi connectivity index (χ3n) is 2.37. The number of aldehydes is 1. The second-order valence-electron chi connectivity index (χ2n) is 3.58. The molecule has 0 saturated carbocycles. The van der Waals surface area contributed by atoms with E-state index in [-0.39, 0.29) is 29.2 Å². The van der Waals surface area contributed by atoms with Crippen molar-refractivity contribution in [3.05, 3.63) is 28.3 Å². The number of rotatable bonds is 5. The highest BCUT2D eigenvalue weighted by Gasteiger charge is 2.23. The van der Waals surface area contributed by atoms with Crippen molar-refractivity contribution < 1.29 is 25.2 Å². The molecule has 6 heteroatoms. The molecule has 1 aromatic carbocycles. The Morgan fingerprint density at radius 2 is 2.00 bits per heavy atom. The molecular weight excluding hydrogens is 248 g/mol. The van der Waals surface area contributed by atoms with E-state index in [9.17, 15) is 20.1 Å². The van der Waals surface area contributed by atoms with Crippen LogP contribution in [0.1, 0.15) is 28.4 Å². The summed E-state index contributed by atoms with van der Waals surface area (Å²) in [6.45, 7) is -0.305. The fourth-order valence-electron chi connectivity index (χ4n) is 1.45. The van der Waals surface area contributed by atoms with E-state index in [4.69, 9.17) is 16.7 Å². The lowest BCUT2D eigenvalue weighted by Gasteiger charge is -2.19. The molecule has 0 radical (unpaired) electrons. The minimum absolute atomic E-state index is 0.0412. The van der Waals surface area contributed by atoms with Gasteiger partial charge < -0.3 is 20.4 Å². The Bertz CT molecular complexity index is 407. The molecule has 0 aliphatic heterocycles. The van der Waals surface area contributed by atoms with Gasteiger partial charge in [-0.1, -0.05) is 11.6 Å². The first-order valence-electron chi connectivity index (χ1n) is 4.95. The second-order valence-corrected chi connectivity index (χ2v) is 4.01. The van der Waals surface area contributed by atoms with Crippen LogP contribution in [0.4, 0.5) is 0 Å². The maximum atomic E-state index is 10.6. The quantitative estimate of drug-likeness (QED) is 0.582. The molecule has 17 heavy (non-hydrogen) atoms. The molecule has 0 aromatic heterocycles. The fraction of sp³-hybridized carbons (Fsp3) is 0.364. The van der Waals surface area contributed by atoms with Gasteiger partial charge in [-0.3, -0.25) is 4.79 Å². The Labute approximate surface area is 103 Å². The summed E-state index contributed by atoms with van der Waals surface area (Å²) in [5.41, 5.74) is -0.108. The summed E-state index contributed by atoms with van der Waals surface area (Å²) in [6, 6.07) is 2.51. The Kier molecular flexibility index (Phi) is 4.89. The van der Waals surface area contributed by atoms with Crippen LogP contribution in [0.3, 0.4) is 0 Å². The Morgan fingerprint density at radius 3 is 2.53 bits per heavy atom. The number of phenols is 1. The number of halogens is 1. The lowest BCUT2D eigenvalue weighted by atomic mass is 9.99. The lowest BCUT2D eigenvalue weighted by Crippen LogP contribution is -2.19. The largest absolute Gasteiger partial charge is 0.507 e. The van der Waals surface area contributed by atoms with Gasteiger partial charge >= 0.3 is 0 Å². The highest BCUT2D eigenvalue weighted by molar-refractivity contribution is 6.31. The summed E-state index contributed by atoms with van der Waals surface area (Å²) in [5, 5.41) is 37.7. The topological polar surface area (TPSA) is 98.0 Å². The number of hydrogen-bond donors (Lipinski definition) is 4. The Balaban J connectivity index is 3.12. The zero-order chi connectivity index (χ0) is 13.0. The van der Waals surface area contributed by atoms with Gasteiger partial charge in [0.05, 0.1) is 11.7 Å². The molecule has 0 spiro atoms. The van der Waals surface area contributed by atoms with E-state index in [2.05, 4.69) is 0 Å². The second kappa shape index (κ2) is 5.97. The minimum atomic E-state index is -1.42. The first-order valence-corrected chi connectivity index (χ1v) is 5.33. The molecule has 0 heterocycles. The van der Waals surface area contributed by atoms with Gasteiger partial charge in [-0.15, -0.1) is 0 Å². The van der Waals surface area contributed by atoms with Crippen LogP contribution in [-0.2, 0) is 0 Å². The van der Waals surface area contributed by atoms with Crippen LogP contribution in [0.25, 0.3) is 0 Å². The van der Waals surface area contributed by atoms with E-state index in [1.807, 2.05) is 0 Å². The number of carbonyl (C=O) groups is 1. The zero-order valence-corrected chi connectivity index (χ0v) is 9.63. The molecule has 0 aliphatic carbocycles. The summed E-state index contributed by atoms with van der Waals surface area (Å²) in [5.74, 6) is -0.422. The molecule has 0 fully saturated rings. The Morgan fingerprint density at radius 1 is 1.35 bits per heavy atom. The predicted molar refractivity (Wildman–Crippen MR) is 61.2 cm³/mol. The van der Waals surface area contributed by atoms with Gasteiger partial charge in [0.1, 0.15) is 11.9 Å². The number of carbonyl (C=O) groups excluding carboxylic acids is 1. The standard InChI is InChI=1S/C11H13ClO5/c12-7-3-6(5-14)10(16)8(4-7)11(17)9(15)1-2-13/h3-5,9,11,13,15-17H,1-2H2. The van der Waals surface area contributed by atoms with E-state index < -0.39 is 18.0 Å². The number of aromatic hydroxyl groups is 1. The summed E-state index contributed by atoms with van der Waals surface area (Å²) in [6.07, 6.45) is -2.32. The lowest BCUT2D eigenvalue weighted by molar-refractivity contribution is 0.00302. The summed E-state index contributed by atoms with van der Waals surface area (Å²) >= 11 is 5.71. The third-order valence-corrected chi connectivity index (χ3v) is 2.59. The SMILES string of the molecule is O=Cc1cc(Cl)cc(C(O)C(O)CCO)c1O. The predicted octanol–water partition coefficient (Wildman–Crippen LogP) is 0.635. The van der Waals surface area contributed by atoms with Gasteiger partial charge in [-0.25, -0.2) is 0 Å². The molecule has 5 nitrogen and oxygen atoms in total. The summed E-state index contributed by atoms with van der Waals surface area (Å²) < 4.78 is 0. The molecule has 0 bridgehead atoms. The Hall–Kier alpha value is -1.14. The van der Waals surface area contributed by atoms with Crippen molar-refractivity contribution in [2.24, 2.45) is 0 Å². The molecule has 0 aliphatic rings. The fourth-order valence-corrected chi connectivity index (χ4v) is 1.69. The maximum Gasteiger partial charge on any atom is 0.153 e. The van der Waals surface area contributed by atoms with Crippen LogP contribution in [0.2, 0.25) is 5.02 Å². The van der Waals surface area contributed by atoms with Crippen molar-refractivity contribution in [2.45, 2.75) is 18.6 Å². The normalized spacial score (nSPS) is 14.4. The van der Waals surface area contributed by atoms with Crippen molar-refractivity contribution in [3.63, 3.8) is 0 Å². The first-order chi connectivity index (χ1) is 8.01. The van der Waals surface area contributed by atoms with Crippen LogP contribution in [0, 0.1) is 0 Å². The van der Waals surface area contributed by atoms with Crippen molar-refractivity contribution in [3.8, 4) is 5.75 Å². The van der Waals surface area contributed by atoms with Gasteiger partial charge in [0.25, 0.3) is 0 Å². The van der Waals surface area contributed by atoms with Crippen molar-refractivity contribution in [1.82, 2.24) is 0 Å². The molecule has 94 valence electrons. The van der Waals surface area contributed by atoms with E-state index in [1.54, 1.807) is 0 Å². The van der Waals surface area contributed by atoms with Gasteiger partial charge in [0.2, 0.25) is 0 Å². The highest BCUT2D eigenvalue weighted by Crippen LogP contribution is 2.32. The first kappa shape index (κ1) is 13.9. The third kappa shape index (κ3) is 3.17. The summed E-state index contributed by atoms with van der Waals surface area (Å²) in [7, 11) is 0. The number of hydrogen-bond acceptors (Lipinski definition) is 5. The highest BCUT2D eigenvalue weighted by atomic mass is 35.5.